The summed E-state index contributed by atoms with van der Waals surface area (Å²) in [4.78, 5) is 11.2. The second kappa shape index (κ2) is 4.25. The fourth-order valence-corrected chi connectivity index (χ4v) is 2.12. The highest BCUT2D eigenvalue weighted by molar-refractivity contribution is 8.14. The third-order valence-corrected chi connectivity index (χ3v) is 3.47. The molecule has 0 saturated carbocycles. The Morgan fingerprint density at radius 2 is 2.42 bits per heavy atom. The van der Waals surface area contributed by atoms with Crippen LogP contribution in [0.2, 0.25) is 0 Å². The van der Waals surface area contributed by atoms with Crippen molar-refractivity contribution in [3.05, 3.63) is 0 Å². The fraction of sp³-hybridized carbons (Fsp3) is 0.875. The molecule has 2 N–H and O–H groups in total. The van der Waals surface area contributed by atoms with Gasteiger partial charge in [0.15, 0.2) is 0 Å². The number of thioether (sulfide) groups is 1. The molecule has 1 fully saturated rings. The third-order valence-electron chi connectivity index (χ3n) is 1.95. The van der Waals surface area contributed by atoms with Crippen LogP contribution in [0.1, 0.15) is 20.3 Å². The Morgan fingerprint density at radius 3 is 2.83 bits per heavy atom. The van der Waals surface area contributed by atoms with Crippen LogP contribution in [0, 0.1) is 0 Å². The predicted molar refractivity (Wildman–Crippen MR) is 50.1 cm³/mol. The van der Waals surface area contributed by atoms with E-state index in [9.17, 15) is 4.79 Å². The quantitative estimate of drug-likeness (QED) is 0.697. The van der Waals surface area contributed by atoms with Crippen LogP contribution >= 0.6 is 11.8 Å². The van der Waals surface area contributed by atoms with Crippen molar-refractivity contribution in [3.8, 4) is 0 Å². The van der Waals surface area contributed by atoms with E-state index in [0.717, 1.165) is 13.0 Å². The molecular weight excluding hydrogens is 174 g/mol. The number of carbonyl (C=O) groups is 1. The van der Waals surface area contributed by atoms with E-state index in [1.54, 1.807) is 6.92 Å². The van der Waals surface area contributed by atoms with E-state index in [0.29, 0.717) is 5.25 Å². The lowest BCUT2D eigenvalue weighted by atomic mass is 10.3. The van der Waals surface area contributed by atoms with Crippen LogP contribution in [0.5, 0.6) is 0 Å². The first-order valence-electron chi connectivity index (χ1n) is 4.19. The summed E-state index contributed by atoms with van der Waals surface area (Å²) < 4.78 is 5.33. The molecule has 0 amide bonds. The zero-order valence-electron chi connectivity index (χ0n) is 7.45. The van der Waals surface area contributed by atoms with Gasteiger partial charge in [-0.3, -0.25) is 4.79 Å². The third kappa shape index (κ3) is 2.47. The molecule has 12 heavy (non-hydrogen) atoms. The topological polar surface area (TPSA) is 52.3 Å². The molecule has 1 heterocycles. The highest BCUT2D eigenvalue weighted by Gasteiger charge is 2.27. The van der Waals surface area contributed by atoms with Gasteiger partial charge in [-0.25, -0.2) is 0 Å². The molecule has 0 aromatic carbocycles. The lowest BCUT2D eigenvalue weighted by Crippen LogP contribution is -2.27. The molecule has 3 nitrogen and oxygen atoms in total. The molecule has 4 heteroatoms. The van der Waals surface area contributed by atoms with Gasteiger partial charge < -0.3 is 10.5 Å². The zero-order valence-corrected chi connectivity index (χ0v) is 8.26. The Morgan fingerprint density at radius 1 is 1.75 bits per heavy atom. The molecular formula is C8H15NO2S. The molecule has 0 radical (unpaired) electrons. The number of ether oxygens (including phenoxy) is 1. The summed E-state index contributed by atoms with van der Waals surface area (Å²) in [6.07, 6.45) is 1.15. The summed E-state index contributed by atoms with van der Waals surface area (Å²) in [7, 11) is 0. The molecule has 3 atom stereocenters. The van der Waals surface area contributed by atoms with Crippen LogP contribution in [0.25, 0.3) is 0 Å². The molecule has 0 aromatic rings. The zero-order chi connectivity index (χ0) is 9.14. The SMILES string of the molecule is CC1OCCC1SC(=O)[C@H](C)N. The van der Waals surface area contributed by atoms with Crippen LogP contribution in [0.15, 0.2) is 0 Å². The van der Waals surface area contributed by atoms with E-state index in [-0.39, 0.29) is 17.3 Å². The fourth-order valence-electron chi connectivity index (χ4n) is 1.12. The first-order chi connectivity index (χ1) is 5.61. The lowest BCUT2D eigenvalue weighted by Gasteiger charge is -2.13. The van der Waals surface area contributed by atoms with E-state index in [1.807, 2.05) is 6.92 Å². The molecule has 70 valence electrons. The number of rotatable bonds is 2. The number of hydrogen-bond donors (Lipinski definition) is 1. The summed E-state index contributed by atoms with van der Waals surface area (Å²) in [5, 5.41) is 0.376. The van der Waals surface area contributed by atoms with Crippen LogP contribution in [-0.2, 0) is 9.53 Å². The van der Waals surface area contributed by atoms with Crippen molar-refractivity contribution in [2.75, 3.05) is 6.61 Å². The van der Waals surface area contributed by atoms with Crippen molar-refractivity contribution in [1.82, 2.24) is 0 Å². The van der Waals surface area contributed by atoms with E-state index in [1.165, 1.54) is 11.8 Å². The summed E-state index contributed by atoms with van der Waals surface area (Å²) in [6, 6.07) is -0.359. The highest BCUT2D eigenvalue weighted by Crippen LogP contribution is 2.27. The molecule has 0 spiro atoms. The first-order valence-corrected chi connectivity index (χ1v) is 5.07. The van der Waals surface area contributed by atoms with Crippen LogP contribution in [0.4, 0.5) is 0 Å². The molecule has 2 unspecified atom stereocenters. The average molecular weight is 189 g/mol. The van der Waals surface area contributed by atoms with Crippen molar-refractivity contribution in [1.29, 1.82) is 0 Å². The average Bonchev–Trinajstić information content (AvgIpc) is 2.36. The molecule has 0 aliphatic carbocycles. The van der Waals surface area contributed by atoms with E-state index >= 15 is 0 Å². The van der Waals surface area contributed by atoms with Gasteiger partial charge in [-0.1, -0.05) is 11.8 Å². The maximum atomic E-state index is 11.2. The standard InChI is InChI=1S/C8H15NO2S/c1-5(9)8(10)12-7-3-4-11-6(7)2/h5-7H,3-4,9H2,1-2H3/t5-,6?,7?/m0/s1. The first kappa shape index (κ1) is 10.0. The Kier molecular flexibility index (Phi) is 3.55. The van der Waals surface area contributed by atoms with Gasteiger partial charge in [-0.05, 0) is 20.3 Å². The largest absolute Gasteiger partial charge is 0.377 e. The minimum Gasteiger partial charge on any atom is -0.377 e. The Balaban J connectivity index is 2.35. The highest BCUT2D eigenvalue weighted by atomic mass is 32.2. The van der Waals surface area contributed by atoms with Crippen LogP contribution < -0.4 is 5.73 Å². The van der Waals surface area contributed by atoms with Crippen molar-refractivity contribution < 1.29 is 9.53 Å². The second-order valence-corrected chi connectivity index (χ2v) is 4.37. The number of carbonyl (C=O) groups excluding carboxylic acids is 1. The maximum absolute atomic E-state index is 11.2. The van der Waals surface area contributed by atoms with Crippen molar-refractivity contribution in [3.63, 3.8) is 0 Å². The molecule has 0 bridgehead atoms. The summed E-state index contributed by atoms with van der Waals surface area (Å²) in [5.41, 5.74) is 5.45. The van der Waals surface area contributed by atoms with Crippen LogP contribution in [-0.4, -0.2) is 29.1 Å². The molecule has 1 rings (SSSR count). The summed E-state index contributed by atoms with van der Waals surface area (Å²) in [5.74, 6) is 0. The van der Waals surface area contributed by atoms with Crippen LogP contribution in [0.3, 0.4) is 0 Å². The summed E-state index contributed by atoms with van der Waals surface area (Å²) in [6.45, 7) is 4.49. The van der Waals surface area contributed by atoms with Gasteiger partial charge in [0.2, 0.25) is 5.12 Å². The smallest absolute Gasteiger partial charge is 0.205 e. The van der Waals surface area contributed by atoms with Gasteiger partial charge in [0.25, 0.3) is 0 Å². The lowest BCUT2D eigenvalue weighted by molar-refractivity contribution is -0.111. The minimum absolute atomic E-state index is 0.0670. The molecule has 1 aliphatic heterocycles. The van der Waals surface area contributed by atoms with Gasteiger partial charge in [0.1, 0.15) is 0 Å². The number of nitrogens with two attached hydrogens (primary N) is 1. The Bertz CT molecular complexity index is 172. The molecule has 1 aliphatic rings. The maximum Gasteiger partial charge on any atom is 0.205 e. The molecule has 0 aromatic heterocycles. The van der Waals surface area contributed by atoms with Gasteiger partial charge >= 0.3 is 0 Å². The monoisotopic (exact) mass is 189 g/mol. The van der Waals surface area contributed by atoms with Gasteiger partial charge in [0.05, 0.1) is 12.1 Å². The van der Waals surface area contributed by atoms with Gasteiger partial charge in [0, 0.05) is 11.9 Å². The van der Waals surface area contributed by atoms with Crippen molar-refractivity contribution in [2.45, 2.75) is 37.7 Å². The van der Waals surface area contributed by atoms with E-state index in [4.69, 9.17) is 10.5 Å². The Labute approximate surface area is 77.0 Å². The normalized spacial score (nSPS) is 31.9. The van der Waals surface area contributed by atoms with E-state index < -0.39 is 0 Å². The van der Waals surface area contributed by atoms with Gasteiger partial charge in [-0.15, -0.1) is 0 Å². The predicted octanol–water partition coefficient (Wildman–Crippen LogP) is 0.771. The van der Waals surface area contributed by atoms with Crippen molar-refractivity contribution in [2.24, 2.45) is 5.73 Å². The Hall–Kier alpha value is -0.0600. The number of hydrogen-bond acceptors (Lipinski definition) is 4. The van der Waals surface area contributed by atoms with Gasteiger partial charge in [-0.2, -0.15) is 0 Å². The minimum atomic E-state index is -0.359. The molecule has 1 saturated heterocycles. The second-order valence-electron chi connectivity index (χ2n) is 3.13. The summed E-state index contributed by atoms with van der Waals surface area (Å²) >= 11 is 1.33. The van der Waals surface area contributed by atoms with Crippen molar-refractivity contribution >= 4 is 16.9 Å². The van der Waals surface area contributed by atoms with E-state index in [2.05, 4.69) is 0 Å².